The maximum atomic E-state index is 6.06. The Morgan fingerprint density at radius 3 is 2.35 bits per heavy atom. The van der Waals surface area contributed by atoms with Crippen LogP contribution in [-0.4, -0.2) is 17.1 Å². The number of ether oxygens (including phenoxy) is 1. The Balaban J connectivity index is 1.71. The van der Waals surface area contributed by atoms with Gasteiger partial charge in [0.2, 0.25) is 0 Å². The molecular weight excluding hydrogens is 371 g/mol. The number of benzene rings is 2. The van der Waals surface area contributed by atoms with Crippen LogP contribution >= 0.6 is 23.2 Å². The van der Waals surface area contributed by atoms with Crippen molar-refractivity contribution in [3.8, 4) is 5.75 Å². The van der Waals surface area contributed by atoms with Crippen LogP contribution in [-0.2, 0) is 6.54 Å². The zero-order valence-electron chi connectivity index (χ0n) is 14.4. The van der Waals surface area contributed by atoms with Gasteiger partial charge < -0.3 is 15.4 Å². The molecule has 1 aromatic heterocycles. The highest BCUT2D eigenvalue weighted by atomic mass is 35.5. The van der Waals surface area contributed by atoms with E-state index in [1.807, 2.05) is 43.3 Å². The molecule has 134 valence electrons. The summed E-state index contributed by atoms with van der Waals surface area (Å²) in [5, 5.41) is 7.52. The second kappa shape index (κ2) is 8.25. The molecule has 0 aliphatic rings. The van der Waals surface area contributed by atoms with Crippen molar-refractivity contribution >= 4 is 40.5 Å². The van der Waals surface area contributed by atoms with Gasteiger partial charge >= 0.3 is 0 Å². The molecule has 0 saturated heterocycles. The Morgan fingerprint density at radius 1 is 0.923 bits per heavy atom. The second-order valence-electron chi connectivity index (χ2n) is 5.64. The number of aromatic nitrogens is 2. The molecule has 3 aromatic rings. The minimum Gasteiger partial charge on any atom is -0.497 e. The molecular formula is C19H18Cl2N4O. The van der Waals surface area contributed by atoms with Crippen LogP contribution in [0.3, 0.4) is 0 Å². The van der Waals surface area contributed by atoms with E-state index in [9.17, 15) is 0 Å². The van der Waals surface area contributed by atoms with E-state index in [1.54, 1.807) is 19.2 Å². The van der Waals surface area contributed by atoms with Gasteiger partial charge in [0, 0.05) is 18.3 Å². The number of hydrogen-bond acceptors (Lipinski definition) is 5. The van der Waals surface area contributed by atoms with Crippen LogP contribution in [0.25, 0.3) is 0 Å². The summed E-state index contributed by atoms with van der Waals surface area (Å²) in [5.74, 6) is 2.90. The largest absolute Gasteiger partial charge is 0.497 e. The molecule has 0 atom stereocenters. The molecule has 2 N–H and O–H groups in total. The van der Waals surface area contributed by atoms with Crippen molar-refractivity contribution in [1.29, 1.82) is 0 Å². The third-order valence-electron chi connectivity index (χ3n) is 3.66. The summed E-state index contributed by atoms with van der Waals surface area (Å²) in [4.78, 5) is 8.83. The number of methoxy groups -OCH3 is 1. The van der Waals surface area contributed by atoms with Gasteiger partial charge in [-0.25, -0.2) is 9.97 Å². The van der Waals surface area contributed by atoms with E-state index >= 15 is 0 Å². The fourth-order valence-corrected chi connectivity index (χ4v) is 2.68. The Hall–Kier alpha value is -2.50. The van der Waals surface area contributed by atoms with Crippen LogP contribution in [0.5, 0.6) is 5.75 Å². The monoisotopic (exact) mass is 388 g/mol. The summed E-state index contributed by atoms with van der Waals surface area (Å²) >= 11 is 12.0. The Bertz CT molecular complexity index is 901. The van der Waals surface area contributed by atoms with E-state index < -0.39 is 0 Å². The van der Waals surface area contributed by atoms with Gasteiger partial charge in [-0.1, -0.05) is 35.3 Å². The van der Waals surface area contributed by atoms with Crippen molar-refractivity contribution in [3.63, 3.8) is 0 Å². The topological polar surface area (TPSA) is 59.1 Å². The number of hydrogen-bond donors (Lipinski definition) is 2. The van der Waals surface area contributed by atoms with Gasteiger partial charge in [-0.15, -0.1) is 0 Å². The van der Waals surface area contributed by atoms with E-state index in [0.29, 0.717) is 28.2 Å². The highest BCUT2D eigenvalue weighted by molar-refractivity contribution is 6.42. The molecule has 0 amide bonds. The first-order chi connectivity index (χ1) is 12.5. The van der Waals surface area contributed by atoms with E-state index in [0.717, 1.165) is 22.8 Å². The lowest BCUT2D eigenvalue weighted by atomic mass is 10.2. The van der Waals surface area contributed by atoms with Crippen LogP contribution in [0.1, 0.15) is 11.4 Å². The zero-order valence-corrected chi connectivity index (χ0v) is 15.9. The van der Waals surface area contributed by atoms with Crippen molar-refractivity contribution in [1.82, 2.24) is 9.97 Å². The number of anilines is 3. The Morgan fingerprint density at radius 2 is 1.65 bits per heavy atom. The Kier molecular flexibility index (Phi) is 5.81. The smallest absolute Gasteiger partial charge is 0.136 e. The first kappa shape index (κ1) is 18.3. The molecule has 0 spiro atoms. The van der Waals surface area contributed by atoms with E-state index in [2.05, 4.69) is 20.6 Å². The summed E-state index contributed by atoms with van der Waals surface area (Å²) in [6.07, 6.45) is 0. The molecule has 0 unspecified atom stereocenters. The fraction of sp³-hybridized carbons (Fsp3) is 0.158. The molecule has 0 radical (unpaired) electrons. The summed E-state index contributed by atoms with van der Waals surface area (Å²) < 4.78 is 5.17. The number of halogens is 2. The summed E-state index contributed by atoms with van der Waals surface area (Å²) in [6, 6.07) is 15.1. The molecule has 0 saturated carbocycles. The van der Waals surface area contributed by atoms with Crippen molar-refractivity contribution in [2.75, 3.05) is 17.7 Å². The van der Waals surface area contributed by atoms with Gasteiger partial charge in [0.1, 0.15) is 23.2 Å². The molecule has 5 nitrogen and oxygen atoms in total. The molecule has 3 rings (SSSR count). The quantitative estimate of drug-likeness (QED) is 0.587. The van der Waals surface area contributed by atoms with E-state index in [-0.39, 0.29) is 0 Å². The van der Waals surface area contributed by atoms with Gasteiger partial charge in [0.15, 0.2) is 0 Å². The predicted molar refractivity (Wildman–Crippen MR) is 107 cm³/mol. The third-order valence-corrected chi connectivity index (χ3v) is 4.40. The lowest BCUT2D eigenvalue weighted by Crippen LogP contribution is -2.05. The van der Waals surface area contributed by atoms with Crippen molar-refractivity contribution in [2.24, 2.45) is 0 Å². The molecule has 0 fully saturated rings. The standard InChI is InChI=1S/C19H18Cl2N4O/c1-12-23-18(22-11-13-3-6-15(26-2)7-4-13)10-19(24-12)25-14-5-8-16(20)17(21)9-14/h3-10H,11H2,1-2H3,(H2,22,23,24,25). The Labute approximate surface area is 162 Å². The van der Waals surface area contributed by atoms with Gasteiger partial charge in [-0.05, 0) is 42.8 Å². The zero-order chi connectivity index (χ0) is 18.5. The number of aryl methyl sites for hydroxylation is 1. The lowest BCUT2D eigenvalue weighted by Gasteiger charge is -2.11. The van der Waals surface area contributed by atoms with Crippen molar-refractivity contribution in [3.05, 3.63) is 70.0 Å². The summed E-state index contributed by atoms with van der Waals surface area (Å²) in [7, 11) is 1.65. The van der Waals surface area contributed by atoms with Gasteiger partial charge in [0.25, 0.3) is 0 Å². The van der Waals surface area contributed by atoms with Gasteiger partial charge in [-0.2, -0.15) is 0 Å². The van der Waals surface area contributed by atoms with Crippen LogP contribution in [0.2, 0.25) is 10.0 Å². The van der Waals surface area contributed by atoms with Crippen molar-refractivity contribution in [2.45, 2.75) is 13.5 Å². The number of rotatable bonds is 6. The van der Waals surface area contributed by atoms with Crippen LogP contribution < -0.4 is 15.4 Å². The molecule has 7 heteroatoms. The van der Waals surface area contributed by atoms with E-state index in [1.165, 1.54) is 0 Å². The normalized spacial score (nSPS) is 10.5. The summed E-state index contributed by atoms with van der Waals surface area (Å²) in [6.45, 7) is 2.49. The second-order valence-corrected chi connectivity index (χ2v) is 6.46. The molecule has 0 aliphatic heterocycles. The molecule has 0 aliphatic carbocycles. The lowest BCUT2D eigenvalue weighted by molar-refractivity contribution is 0.414. The average molecular weight is 389 g/mol. The third kappa shape index (κ3) is 4.77. The first-order valence-electron chi connectivity index (χ1n) is 7.98. The van der Waals surface area contributed by atoms with E-state index in [4.69, 9.17) is 27.9 Å². The maximum absolute atomic E-state index is 6.06. The van der Waals surface area contributed by atoms with Crippen molar-refractivity contribution < 1.29 is 4.74 Å². The molecule has 0 bridgehead atoms. The molecule has 26 heavy (non-hydrogen) atoms. The predicted octanol–water partition coefficient (Wildman–Crippen LogP) is 5.46. The van der Waals surface area contributed by atoms with Crippen LogP contribution in [0, 0.1) is 6.92 Å². The van der Waals surface area contributed by atoms with Gasteiger partial charge in [0.05, 0.1) is 17.2 Å². The number of nitrogens with one attached hydrogen (secondary N) is 2. The minimum atomic E-state index is 0.486. The van der Waals surface area contributed by atoms with Crippen LogP contribution in [0.4, 0.5) is 17.3 Å². The highest BCUT2D eigenvalue weighted by Gasteiger charge is 2.05. The van der Waals surface area contributed by atoms with Gasteiger partial charge in [-0.3, -0.25) is 0 Å². The average Bonchev–Trinajstić information content (AvgIpc) is 2.63. The molecule has 1 heterocycles. The first-order valence-corrected chi connectivity index (χ1v) is 8.73. The SMILES string of the molecule is COc1ccc(CNc2cc(Nc3ccc(Cl)c(Cl)c3)nc(C)n2)cc1. The highest BCUT2D eigenvalue weighted by Crippen LogP contribution is 2.27. The number of nitrogens with zero attached hydrogens (tertiary/aromatic N) is 2. The fourth-order valence-electron chi connectivity index (χ4n) is 2.38. The maximum Gasteiger partial charge on any atom is 0.136 e. The summed E-state index contributed by atoms with van der Waals surface area (Å²) in [5.41, 5.74) is 1.93. The van der Waals surface area contributed by atoms with Crippen LogP contribution in [0.15, 0.2) is 48.5 Å². The minimum absolute atomic E-state index is 0.486. The molecule has 2 aromatic carbocycles.